The fourth-order valence-corrected chi connectivity index (χ4v) is 4.66. The lowest BCUT2D eigenvalue weighted by Crippen LogP contribution is -2.41. The molecule has 0 aromatic carbocycles. The fraction of sp³-hybridized carbons (Fsp3) is 0.733. The van der Waals surface area contributed by atoms with Gasteiger partial charge in [0.1, 0.15) is 0 Å². The maximum Gasteiger partial charge on any atom is 0.0325 e. The van der Waals surface area contributed by atoms with Gasteiger partial charge in [-0.2, -0.15) is 0 Å². The van der Waals surface area contributed by atoms with Gasteiger partial charge in [-0.1, -0.05) is 13.3 Å². The second-order valence-corrected chi connectivity index (χ2v) is 7.85. The lowest BCUT2D eigenvalue weighted by molar-refractivity contribution is 0.169. The van der Waals surface area contributed by atoms with Gasteiger partial charge in [-0.3, -0.25) is 0 Å². The molecule has 1 aromatic rings. The molecule has 0 saturated heterocycles. The van der Waals surface area contributed by atoms with E-state index in [0.717, 1.165) is 19.0 Å². The van der Waals surface area contributed by atoms with Gasteiger partial charge in [0.2, 0.25) is 0 Å². The molecule has 0 bridgehead atoms. The van der Waals surface area contributed by atoms with E-state index in [1.165, 1.54) is 35.0 Å². The van der Waals surface area contributed by atoms with Gasteiger partial charge in [-0.05, 0) is 60.1 Å². The topological polar surface area (TPSA) is 29.3 Å². The van der Waals surface area contributed by atoms with Crippen LogP contribution < -0.4 is 5.73 Å². The van der Waals surface area contributed by atoms with E-state index in [1.54, 1.807) is 0 Å². The first-order valence-electron chi connectivity index (χ1n) is 7.25. The molecule has 2 nitrogen and oxygen atoms in total. The summed E-state index contributed by atoms with van der Waals surface area (Å²) in [5.41, 5.74) is 6.31. The highest BCUT2D eigenvalue weighted by atomic mass is 79.9. The van der Waals surface area contributed by atoms with Gasteiger partial charge in [0.15, 0.2) is 0 Å². The molecule has 0 aliphatic heterocycles. The third kappa shape index (κ3) is 4.55. The van der Waals surface area contributed by atoms with Crippen molar-refractivity contribution in [3.8, 4) is 0 Å². The number of rotatable bonds is 5. The smallest absolute Gasteiger partial charge is 0.0325 e. The minimum absolute atomic E-state index is 0.403. The first-order chi connectivity index (χ1) is 9.08. The van der Waals surface area contributed by atoms with Crippen LogP contribution in [0, 0.1) is 11.8 Å². The summed E-state index contributed by atoms with van der Waals surface area (Å²) in [4.78, 5) is 3.85. The van der Waals surface area contributed by atoms with Gasteiger partial charge in [0.25, 0.3) is 0 Å². The molecule has 0 amide bonds. The van der Waals surface area contributed by atoms with Crippen molar-refractivity contribution in [1.29, 1.82) is 0 Å². The molecule has 2 N–H and O–H groups in total. The first kappa shape index (κ1) is 15.5. The van der Waals surface area contributed by atoms with Gasteiger partial charge >= 0.3 is 0 Å². The standard InChI is InChI=1S/C15H25BrN2S/c1-3-11-4-5-15(17)12(6-11)8-18(2)9-14-7-13(16)10-19-14/h7,10-12,15H,3-6,8-9,17H2,1-2H3. The van der Waals surface area contributed by atoms with E-state index in [4.69, 9.17) is 5.73 Å². The van der Waals surface area contributed by atoms with Crippen molar-refractivity contribution in [2.75, 3.05) is 13.6 Å². The molecule has 1 saturated carbocycles. The van der Waals surface area contributed by atoms with Crippen LogP contribution in [-0.4, -0.2) is 24.5 Å². The Balaban J connectivity index is 1.84. The normalized spacial score (nSPS) is 27.9. The van der Waals surface area contributed by atoms with Crippen molar-refractivity contribution in [3.05, 3.63) is 20.8 Å². The largest absolute Gasteiger partial charge is 0.327 e. The molecule has 108 valence electrons. The van der Waals surface area contributed by atoms with Crippen molar-refractivity contribution < 1.29 is 0 Å². The lowest BCUT2D eigenvalue weighted by atomic mass is 9.77. The summed E-state index contributed by atoms with van der Waals surface area (Å²) in [6.07, 6.45) is 5.16. The van der Waals surface area contributed by atoms with Crippen LogP contribution in [0.5, 0.6) is 0 Å². The lowest BCUT2D eigenvalue weighted by Gasteiger charge is -2.36. The molecule has 0 radical (unpaired) electrons. The predicted molar refractivity (Wildman–Crippen MR) is 87.5 cm³/mol. The van der Waals surface area contributed by atoms with Crippen LogP contribution in [0.25, 0.3) is 0 Å². The molecule has 3 unspecified atom stereocenters. The Morgan fingerprint density at radius 3 is 2.89 bits per heavy atom. The first-order valence-corrected chi connectivity index (χ1v) is 8.92. The summed E-state index contributed by atoms with van der Waals surface area (Å²) >= 11 is 5.35. The second-order valence-electron chi connectivity index (χ2n) is 5.94. The number of hydrogen-bond donors (Lipinski definition) is 1. The van der Waals surface area contributed by atoms with Gasteiger partial charge in [0, 0.05) is 33.9 Å². The highest BCUT2D eigenvalue weighted by Crippen LogP contribution is 2.31. The number of nitrogens with zero attached hydrogens (tertiary/aromatic N) is 1. The Kier molecular flexibility index (Phi) is 5.87. The molecule has 0 spiro atoms. The third-order valence-electron chi connectivity index (χ3n) is 4.32. The number of nitrogens with two attached hydrogens (primary N) is 1. The summed E-state index contributed by atoms with van der Waals surface area (Å²) in [5, 5.41) is 2.16. The molecule has 19 heavy (non-hydrogen) atoms. The molecule has 2 rings (SSSR count). The third-order valence-corrected chi connectivity index (χ3v) is 6.00. The van der Waals surface area contributed by atoms with Gasteiger partial charge in [-0.15, -0.1) is 11.3 Å². The van der Waals surface area contributed by atoms with Gasteiger partial charge < -0.3 is 10.6 Å². The van der Waals surface area contributed by atoms with Crippen LogP contribution in [0.4, 0.5) is 0 Å². The van der Waals surface area contributed by atoms with E-state index in [0.29, 0.717) is 12.0 Å². The summed E-state index contributed by atoms with van der Waals surface area (Å²) < 4.78 is 1.20. The Hall–Kier alpha value is 0.1000. The van der Waals surface area contributed by atoms with Crippen LogP contribution in [0.1, 0.15) is 37.5 Å². The monoisotopic (exact) mass is 344 g/mol. The summed E-state index contributed by atoms with van der Waals surface area (Å²) in [6, 6.07) is 2.62. The average Bonchev–Trinajstić information content (AvgIpc) is 2.77. The predicted octanol–water partition coefficient (Wildman–Crippen LogP) is 4.10. The number of hydrogen-bond acceptors (Lipinski definition) is 3. The molecule has 1 aliphatic carbocycles. The summed E-state index contributed by atoms with van der Waals surface area (Å²) in [6.45, 7) is 4.48. The maximum absolute atomic E-state index is 6.31. The highest BCUT2D eigenvalue weighted by molar-refractivity contribution is 9.10. The molecule has 1 heterocycles. The van der Waals surface area contributed by atoms with E-state index in [-0.39, 0.29) is 0 Å². The van der Waals surface area contributed by atoms with E-state index in [9.17, 15) is 0 Å². The van der Waals surface area contributed by atoms with Crippen molar-refractivity contribution in [2.24, 2.45) is 17.6 Å². The Morgan fingerprint density at radius 1 is 1.47 bits per heavy atom. The van der Waals surface area contributed by atoms with E-state index in [1.807, 2.05) is 11.3 Å². The Morgan fingerprint density at radius 2 is 2.26 bits per heavy atom. The molecule has 1 aromatic heterocycles. The van der Waals surface area contributed by atoms with E-state index < -0.39 is 0 Å². The van der Waals surface area contributed by atoms with Crippen LogP contribution in [0.15, 0.2) is 15.9 Å². The quantitative estimate of drug-likeness (QED) is 0.871. The minimum Gasteiger partial charge on any atom is -0.327 e. The van der Waals surface area contributed by atoms with Crippen molar-refractivity contribution in [1.82, 2.24) is 4.90 Å². The van der Waals surface area contributed by atoms with E-state index in [2.05, 4.69) is 46.2 Å². The SMILES string of the molecule is CCC1CCC(N)C(CN(C)Cc2cc(Br)cs2)C1. The van der Waals surface area contributed by atoms with Crippen LogP contribution >= 0.6 is 27.3 Å². The molecule has 4 heteroatoms. The zero-order valence-electron chi connectivity index (χ0n) is 11.9. The number of halogens is 1. The van der Waals surface area contributed by atoms with Gasteiger partial charge in [0.05, 0.1) is 0 Å². The van der Waals surface area contributed by atoms with Crippen molar-refractivity contribution in [3.63, 3.8) is 0 Å². The fourth-order valence-electron chi connectivity index (χ4n) is 3.13. The number of thiophene rings is 1. The summed E-state index contributed by atoms with van der Waals surface area (Å²) in [5.74, 6) is 1.57. The maximum atomic E-state index is 6.31. The van der Waals surface area contributed by atoms with Crippen molar-refractivity contribution >= 4 is 27.3 Å². The molecule has 3 atom stereocenters. The van der Waals surface area contributed by atoms with Crippen LogP contribution in [-0.2, 0) is 6.54 Å². The Bertz CT molecular complexity index is 393. The zero-order valence-corrected chi connectivity index (χ0v) is 14.3. The van der Waals surface area contributed by atoms with Crippen LogP contribution in [0.3, 0.4) is 0 Å². The van der Waals surface area contributed by atoms with Crippen LogP contribution in [0.2, 0.25) is 0 Å². The van der Waals surface area contributed by atoms with Crippen molar-refractivity contribution in [2.45, 2.75) is 45.2 Å². The molecule has 1 aliphatic rings. The molecular weight excluding hydrogens is 320 g/mol. The minimum atomic E-state index is 0.403. The van der Waals surface area contributed by atoms with Gasteiger partial charge in [-0.25, -0.2) is 0 Å². The average molecular weight is 345 g/mol. The molecular formula is C15H25BrN2S. The highest BCUT2D eigenvalue weighted by Gasteiger charge is 2.28. The van der Waals surface area contributed by atoms with E-state index >= 15 is 0 Å². The Labute approximate surface area is 129 Å². The zero-order chi connectivity index (χ0) is 13.8. The summed E-state index contributed by atoms with van der Waals surface area (Å²) in [7, 11) is 2.22. The second kappa shape index (κ2) is 7.21. The molecule has 1 fully saturated rings.